The maximum absolute atomic E-state index is 12.5. The van der Waals surface area contributed by atoms with Crippen LogP contribution in [-0.4, -0.2) is 9.78 Å². The Balaban J connectivity index is 2.23. The van der Waals surface area contributed by atoms with Crippen molar-refractivity contribution in [3.63, 3.8) is 0 Å². The maximum atomic E-state index is 12.5. The second kappa shape index (κ2) is 3.99. The zero-order chi connectivity index (χ0) is 11.8. The van der Waals surface area contributed by atoms with Gasteiger partial charge < -0.3 is 5.73 Å². The van der Waals surface area contributed by atoms with Crippen molar-refractivity contribution in [3.05, 3.63) is 17.9 Å². The van der Waals surface area contributed by atoms with Gasteiger partial charge in [-0.15, -0.1) is 0 Å². The number of alkyl halides is 3. The Bertz CT molecular complexity index is 364. The largest absolute Gasteiger partial charge is 0.437 e. The highest BCUT2D eigenvalue weighted by Crippen LogP contribution is 2.34. The standard InChI is InChI=1S/C10H13F3N3/c11-10(12,13)9-8(14)6-16(15-9)7-4-2-1-3-5-7/h6H,1-5,14H2. The minimum absolute atomic E-state index is 0.300. The minimum Gasteiger partial charge on any atom is -0.396 e. The van der Waals surface area contributed by atoms with Crippen LogP contribution in [0, 0.1) is 6.04 Å². The van der Waals surface area contributed by atoms with Crippen LogP contribution in [0.1, 0.15) is 37.8 Å². The molecule has 0 spiro atoms. The molecule has 0 saturated heterocycles. The smallest absolute Gasteiger partial charge is 0.396 e. The van der Waals surface area contributed by atoms with Crippen molar-refractivity contribution < 1.29 is 13.2 Å². The molecular formula is C10H13F3N3. The number of nitrogens with zero attached hydrogens (tertiary/aromatic N) is 2. The minimum atomic E-state index is -4.47. The molecule has 89 valence electrons. The molecule has 6 heteroatoms. The van der Waals surface area contributed by atoms with Crippen molar-refractivity contribution in [2.24, 2.45) is 0 Å². The molecule has 1 aliphatic rings. The van der Waals surface area contributed by atoms with Crippen LogP contribution in [0.15, 0.2) is 6.20 Å². The lowest BCUT2D eigenvalue weighted by Gasteiger charge is -2.20. The van der Waals surface area contributed by atoms with Crippen LogP contribution in [0.5, 0.6) is 0 Å². The SMILES string of the molecule is Nc1cn([C]2CCCCC2)nc1C(F)(F)F. The summed E-state index contributed by atoms with van der Waals surface area (Å²) in [6.07, 6.45) is 1.56. The van der Waals surface area contributed by atoms with Gasteiger partial charge in [-0.1, -0.05) is 19.3 Å². The lowest BCUT2D eigenvalue weighted by Crippen LogP contribution is -2.16. The van der Waals surface area contributed by atoms with Gasteiger partial charge in [0, 0.05) is 6.20 Å². The second-order valence-corrected chi connectivity index (χ2v) is 4.00. The summed E-state index contributed by atoms with van der Waals surface area (Å²) in [5, 5.41) is 3.53. The third-order valence-electron chi connectivity index (χ3n) is 2.77. The molecule has 1 radical (unpaired) electrons. The fraction of sp³-hybridized carbons (Fsp3) is 0.600. The van der Waals surface area contributed by atoms with Crippen molar-refractivity contribution in [1.82, 2.24) is 9.78 Å². The number of hydrogen-bond acceptors (Lipinski definition) is 2. The zero-order valence-electron chi connectivity index (χ0n) is 8.72. The fourth-order valence-electron chi connectivity index (χ4n) is 1.96. The Hall–Kier alpha value is -1.20. The Morgan fingerprint density at radius 1 is 1.19 bits per heavy atom. The van der Waals surface area contributed by atoms with Crippen LogP contribution in [0.25, 0.3) is 0 Å². The summed E-state index contributed by atoms with van der Waals surface area (Å²) in [5.74, 6) is 0. The van der Waals surface area contributed by atoms with Gasteiger partial charge in [-0.25, -0.2) is 0 Å². The van der Waals surface area contributed by atoms with Crippen LogP contribution in [0.4, 0.5) is 18.9 Å². The lowest BCUT2D eigenvalue weighted by molar-refractivity contribution is -0.140. The first-order chi connectivity index (χ1) is 7.48. The molecular weight excluding hydrogens is 219 g/mol. The van der Waals surface area contributed by atoms with Crippen LogP contribution in [0.3, 0.4) is 0 Å². The zero-order valence-corrected chi connectivity index (χ0v) is 8.72. The summed E-state index contributed by atoms with van der Waals surface area (Å²) >= 11 is 0. The fourth-order valence-corrected chi connectivity index (χ4v) is 1.96. The molecule has 3 nitrogen and oxygen atoms in total. The van der Waals surface area contributed by atoms with Crippen molar-refractivity contribution in [1.29, 1.82) is 0 Å². The molecule has 0 atom stereocenters. The van der Waals surface area contributed by atoms with Crippen molar-refractivity contribution >= 4 is 5.69 Å². The van der Waals surface area contributed by atoms with Gasteiger partial charge in [0.15, 0.2) is 5.69 Å². The van der Waals surface area contributed by atoms with E-state index in [2.05, 4.69) is 5.10 Å². The van der Waals surface area contributed by atoms with E-state index in [9.17, 15) is 13.2 Å². The molecule has 0 amide bonds. The first kappa shape index (κ1) is 11.3. The first-order valence-corrected chi connectivity index (χ1v) is 5.26. The summed E-state index contributed by atoms with van der Waals surface area (Å²) < 4.78 is 38.7. The van der Waals surface area contributed by atoms with E-state index in [1.165, 1.54) is 10.9 Å². The predicted molar refractivity (Wildman–Crippen MR) is 53.4 cm³/mol. The van der Waals surface area contributed by atoms with E-state index in [0.29, 0.717) is 0 Å². The molecule has 1 aromatic rings. The molecule has 2 rings (SSSR count). The molecule has 1 fully saturated rings. The summed E-state index contributed by atoms with van der Waals surface area (Å²) in [5.41, 5.74) is 4.04. The predicted octanol–water partition coefficient (Wildman–Crippen LogP) is 2.83. The average Bonchev–Trinajstić information content (AvgIpc) is 2.61. The first-order valence-electron chi connectivity index (χ1n) is 5.26. The quantitative estimate of drug-likeness (QED) is 0.809. The molecule has 2 N–H and O–H groups in total. The molecule has 1 aromatic heterocycles. The molecule has 0 aliphatic heterocycles. The van der Waals surface area contributed by atoms with Crippen LogP contribution in [0.2, 0.25) is 0 Å². The summed E-state index contributed by atoms with van der Waals surface area (Å²) in [7, 11) is 0. The Morgan fingerprint density at radius 2 is 1.81 bits per heavy atom. The van der Waals surface area contributed by atoms with E-state index in [0.717, 1.165) is 38.1 Å². The van der Waals surface area contributed by atoms with Gasteiger partial charge in [0.25, 0.3) is 0 Å². The number of nitrogens with two attached hydrogens (primary N) is 1. The van der Waals surface area contributed by atoms with Crippen LogP contribution in [-0.2, 0) is 6.18 Å². The van der Waals surface area contributed by atoms with Gasteiger partial charge in [0.1, 0.15) is 0 Å². The maximum Gasteiger partial charge on any atom is 0.437 e. The molecule has 0 unspecified atom stereocenters. The van der Waals surface area contributed by atoms with Gasteiger partial charge in [-0.3, -0.25) is 4.68 Å². The third kappa shape index (κ3) is 2.15. The highest BCUT2D eigenvalue weighted by atomic mass is 19.4. The highest BCUT2D eigenvalue weighted by molar-refractivity contribution is 5.43. The number of rotatable bonds is 1. The lowest BCUT2D eigenvalue weighted by atomic mass is 9.96. The Labute approximate surface area is 91.4 Å². The number of anilines is 1. The summed E-state index contributed by atoms with van der Waals surface area (Å²) in [6, 6.07) is 0.924. The van der Waals surface area contributed by atoms with Crippen molar-refractivity contribution in [3.8, 4) is 0 Å². The topological polar surface area (TPSA) is 43.8 Å². The molecule has 16 heavy (non-hydrogen) atoms. The second-order valence-electron chi connectivity index (χ2n) is 4.00. The average molecular weight is 232 g/mol. The van der Waals surface area contributed by atoms with Gasteiger partial charge in [0.05, 0.1) is 11.7 Å². The van der Waals surface area contributed by atoms with Crippen molar-refractivity contribution in [2.75, 3.05) is 5.73 Å². The third-order valence-corrected chi connectivity index (χ3v) is 2.77. The Kier molecular flexibility index (Phi) is 2.82. The summed E-state index contributed by atoms with van der Waals surface area (Å²) in [4.78, 5) is 0. The molecule has 1 saturated carbocycles. The van der Waals surface area contributed by atoms with E-state index < -0.39 is 11.9 Å². The van der Waals surface area contributed by atoms with E-state index in [1.807, 2.05) is 0 Å². The van der Waals surface area contributed by atoms with Crippen LogP contribution >= 0.6 is 0 Å². The van der Waals surface area contributed by atoms with E-state index in [-0.39, 0.29) is 5.69 Å². The van der Waals surface area contributed by atoms with Gasteiger partial charge in [0.2, 0.25) is 0 Å². The molecule has 1 heterocycles. The van der Waals surface area contributed by atoms with E-state index in [1.54, 1.807) is 0 Å². The van der Waals surface area contributed by atoms with Gasteiger partial charge in [-0.05, 0) is 12.8 Å². The summed E-state index contributed by atoms with van der Waals surface area (Å²) in [6.45, 7) is 0. The number of halogens is 3. The molecule has 0 bridgehead atoms. The highest BCUT2D eigenvalue weighted by Gasteiger charge is 2.37. The Morgan fingerprint density at radius 3 is 2.31 bits per heavy atom. The van der Waals surface area contributed by atoms with Gasteiger partial charge in [-0.2, -0.15) is 18.3 Å². The number of hydrogen-bond donors (Lipinski definition) is 1. The van der Waals surface area contributed by atoms with E-state index in [4.69, 9.17) is 5.73 Å². The number of nitrogen functional groups attached to an aromatic ring is 1. The van der Waals surface area contributed by atoms with Gasteiger partial charge >= 0.3 is 6.18 Å². The molecule has 0 aromatic carbocycles. The number of aromatic nitrogens is 2. The van der Waals surface area contributed by atoms with E-state index >= 15 is 0 Å². The van der Waals surface area contributed by atoms with Crippen LogP contribution < -0.4 is 5.73 Å². The molecule has 1 aliphatic carbocycles. The normalized spacial score (nSPS) is 18.9. The van der Waals surface area contributed by atoms with Crippen molar-refractivity contribution in [2.45, 2.75) is 38.3 Å². The monoisotopic (exact) mass is 232 g/mol.